The average molecular weight is 503 g/mol. The van der Waals surface area contributed by atoms with Crippen molar-refractivity contribution < 1.29 is 27.8 Å². The van der Waals surface area contributed by atoms with E-state index in [0.717, 1.165) is 0 Å². The highest BCUT2D eigenvalue weighted by Gasteiger charge is 2.22. The Labute approximate surface area is 196 Å². The number of benzene rings is 2. The number of alkyl halides is 2. The lowest BCUT2D eigenvalue weighted by atomic mass is 10.2. The molecule has 176 valence electrons. The van der Waals surface area contributed by atoms with Gasteiger partial charge in [0, 0.05) is 12.1 Å². The predicted octanol–water partition coefficient (Wildman–Crippen LogP) is 4.36. The summed E-state index contributed by atoms with van der Waals surface area (Å²) in [6, 6.07) is 6.96. The molecule has 2 aromatic carbocycles. The lowest BCUT2D eigenvalue weighted by Gasteiger charge is -2.16. The number of rotatable bonds is 7. The molecule has 3 rings (SSSR count). The van der Waals surface area contributed by atoms with Crippen LogP contribution in [0.4, 0.5) is 14.5 Å². The van der Waals surface area contributed by atoms with Gasteiger partial charge >= 0.3 is 18.2 Å². The normalized spacial score (nSPS) is 12.0. The third-order valence-electron chi connectivity index (χ3n) is 4.46. The van der Waals surface area contributed by atoms with Crippen LogP contribution >= 0.6 is 23.2 Å². The molecule has 13 heteroatoms. The smallest absolute Gasteiger partial charge is 0.355 e. The molecule has 0 saturated carbocycles. The summed E-state index contributed by atoms with van der Waals surface area (Å²) in [6.07, 6.45) is -0.891. The Hall–Kier alpha value is -3.31. The minimum absolute atomic E-state index is 0.0112. The standard InChI is InChI=1S/C20H18Cl2F2N4O5/c1-9(18(29)31-3)32-11-4-5-14(25)17(6-11)33-16-8-15(12(21)7-13(16)22)28-20(30)27(19(23)24)10(2)26-28/h4-9,19H,25H2,1-3H3. The van der Waals surface area contributed by atoms with Crippen LogP contribution in [-0.4, -0.2) is 33.5 Å². The number of aryl methyl sites for hydroxylation is 1. The van der Waals surface area contributed by atoms with Gasteiger partial charge in [-0.05, 0) is 32.0 Å². The maximum absolute atomic E-state index is 13.2. The molecule has 3 aromatic rings. The van der Waals surface area contributed by atoms with Crippen molar-refractivity contribution in [2.24, 2.45) is 0 Å². The van der Waals surface area contributed by atoms with Gasteiger partial charge < -0.3 is 19.9 Å². The Morgan fingerprint density at radius 1 is 1.15 bits per heavy atom. The van der Waals surface area contributed by atoms with Crippen molar-refractivity contribution in [3.8, 4) is 22.9 Å². The number of nitrogen functional groups attached to an aromatic ring is 1. The lowest BCUT2D eigenvalue weighted by Crippen LogP contribution is -2.25. The van der Waals surface area contributed by atoms with E-state index in [9.17, 15) is 18.4 Å². The highest BCUT2D eigenvalue weighted by Crippen LogP contribution is 2.38. The Morgan fingerprint density at radius 3 is 2.45 bits per heavy atom. The minimum atomic E-state index is -3.08. The third-order valence-corrected chi connectivity index (χ3v) is 5.05. The molecule has 0 amide bonds. The van der Waals surface area contributed by atoms with E-state index >= 15 is 0 Å². The van der Waals surface area contributed by atoms with Crippen LogP contribution in [0, 0.1) is 6.92 Å². The van der Waals surface area contributed by atoms with Crippen LogP contribution in [0.2, 0.25) is 10.0 Å². The van der Waals surface area contributed by atoms with Gasteiger partial charge in [-0.3, -0.25) is 0 Å². The van der Waals surface area contributed by atoms with Crippen molar-refractivity contribution in [3.05, 3.63) is 56.7 Å². The van der Waals surface area contributed by atoms with Crippen LogP contribution in [0.3, 0.4) is 0 Å². The first-order valence-corrected chi connectivity index (χ1v) is 10.1. The SMILES string of the molecule is COC(=O)C(C)Oc1ccc(N)c(Oc2cc(-n3nc(C)n(C(F)F)c3=O)c(Cl)cc2Cl)c1. The van der Waals surface area contributed by atoms with Crippen LogP contribution in [0.15, 0.2) is 35.1 Å². The second-order valence-corrected chi connectivity index (χ2v) is 7.52. The van der Waals surface area contributed by atoms with Crippen LogP contribution in [0.5, 0.6) is 17.2 Å². The summed E-state index contributed by atoms with van der Waals surface area (Å²) in [6.45, 7) is -0.321. The van der Waals surface area contributed by atoms with Gasteiger partial charge in [-0.1, -0.05) is 23.2 Å². The molecule has 0 aliphatic rings. The second kappa shape index (κ2) is 9.67. The fourth-order valence-corrected chi connectivity index (χ4v) is 3.33. The lowest BCUT2D eigenvalue weighted by molar-refractivity contribution is -0.147. The summed E-state index contributed by atoms with van der Waals surface area (Å²) in [5.74, 6) is -0.413. The highest BCUT2D eigenvalue weighted by atomic mass is 35.5. The van der Waals surface area contributed by atoms with Gasteiger partial charge in [0.25, 0.3) is 0 Å². The zero-order chi connectivity index (χ0) is 24.4. The molecule has 0 spiro atoms. The second-order valence-electron chi connectivity index (χ2n) is 6.71. The zero-order valence-corrected chi connectivity index (χ0v) is 19.0. The number of halogens is 4. The number of ether oxygens (including phenoxy) is 3. The first-order chi connectivity index (χ1) is 15.5. The monoisotopic (exact) mass is 502 g/mol. The molecule has 1 heterocycles. The Balaban J connectivity index is 1.99. The van der Waals surface area contributed by atoms with Crippen LogP contribution in [-0.2, 0) is 9.53 Å². The van der Waals surface area contributed by atoms with Crippen molar-refractivity contribution in [3.63, 3.8) is 0 Å². The van der Waals surface area contributed by atoms with E-state index in [1.807, 2.05) is 0 Å². The Kier molecular flexibility index (Phi) is 7.13. The van der Waals surface area contributed by atoms with Gasteiger partial charge in [-0.15, -0.1) is 5.10 Å². The molecule has 1 atom stereocenters. The molecule has 0 bridgehead atoms. The van der Waals surface area contributed by atoms with E-state index in [2.05, 4.69) is 9.84 Å². The molecule has 1 unspecified atom stereocenters. The summed E-state index contributed by atoms with van der Waals surface area (Å²) in [5.41, 5.74) is 5.05. The maximum atomic E-state index is 13.2. The number of hydrogen-bond acceptors (Lipinski definition) is 7. The van der Waals surface area contributed by atoms with E-state index in [1.54, 1.807) is 0 Å². The number of aromatic nitrogens is 3. The largest absolute Gasteiger partial charge is 0.479 e. The molecule has 1 aromatic heterocycles. The molecule has 33 heavy (non-hydrogen) atoms. The highest BCUT2D eigenvalue weighted by molar-refractivity contribution is 6.36. The Bertz CT molecular complexity index is 1260. The van der Waals surface area contributed by atoms with Gasteiger partial charge in [0.1, 0.15) is 17.3 Å². The molecule has 0 fully saturated rings. The number of nitrogens with zero attached hydrogens (tertiary/aromatic N) is 3. The maximum Gasteiger partial charge on any atom is 0.355 e. The van der Waals surface area contributed by atoms with Crippen molar-refractivity contribution in [2.45, 2.75) is 26.5 Å². The topological polar surface area (TPSA) is 111 Å². The molecule has 9 nitrogen and oxygen atoms in total. The summed E-state index contributed by atoms with van der Waals surface area (Å²) >= 11 is 12.4. The van der Waals surface area contributed by atoms with Crippen molar-refractivity contribution >= 4 is 34.9 Å². The first-order valence-electron chi connectivity index (χ1n) is 9.31. The average Bonchev–Trinajstić information content (AvgIpc) is 3.05. The molecule has 0 radical (unpaired) electrons. The van der Waals surface area contributed by atoms with Gasteiger partial charge in [-0.25, -0.2) is 14.2 Å². The molecule has 0 aliphatic carbocycles. The van der Waals surface area contributed by atoms with Gasteiger partial charge in [-0.2, -0.15) is 13.5 Å². The number of anilines is 1. The van der Waals surface area contributed by atoms with Gasteiger partial charge in [0.2, 0.25) is 0 Å². The van der Waals surface area contributed by atoms with Crippen LogP contribution < -0.4 is 20.9 Å². The van der Waals surface area contributed by atoms with Crippen LogP contribution in [0.25, 0.3) is 5.69 Å². The number of hydrogen-bond donors (Lipinski definition) is 1. The summed E-state index contributed by atoms with van der Waals surface area (Å²) in [4.78, 5) is 24.0. The quantitative estimate of drug-likeness (QED) is 0.377. The molecular formula is C20H18Cl2F2N4O5. The fraction of sp³-hybridized carbons (Fsp3) is 0.250. The summed E-state index contributed by atoms with van der Waals surface area (Å²) in [5, 5.41) is 3.87. The number of nitrogens with two attached hydrogens (primary N) is 1. The van der Waals surface area contributed by atoms with Gasteiger partial charge in [0.15, 0.2) is 11.9 Å². The van der Waals surface area contributed by atoms with E-state index in [-0.39, 0.29) is 49.1 Å². The molecule has 0 aliphatic heterocycles. The number of methoxy groups -OCH3 is 1. The zero-order valence-electron chi connectivity index (χ0n) is 17.5. The molecular weight excluding hydrogens is 485 g/mol. The minimum Gasteiger partial charge on any atom is -0.479 e. The van der Waals surface area contributed by atoms with Crippen molar-refractivity contribution in [1.82, 2.24) is 14.3 Å². The Morgan fingerprint density at radius 2 is 1.85 bits per heavy atom. The van der Waals surface area contributed by atoms with E-state index in [1.165, 1.54) is 51.3 Å². The van der Waals surface area contributed by atoms with Crippen molar-refractivity contribution in [1.29, 1.82) is 0 Å². The number of carbonyl (C=O) groups is 1. The van der Waals surface area contributed by atoms with Gasteiger partial charge in [0.05, 0.1) is 28.5 Å². The molecule has 2 N–H and O–H groups in total. The fourth-order valence-electron chi connectivity index (χ4n) is 2.83. The van der Waals surface area contributed by atoms with Crippen LogP contribution in [0.1, 0.15) is 19.3 Å². The van der Waals surface area contributed by atoms with Crippen molar-refractivity contribution in [2.75, 3.05) is 12.8 Å². The van der Waals surface area contributed by atoms with E-state index in [0.29, 0.717) is 4.68 Å². The van der Waals surface area contributed by atoms with E-state index < -0.39 is 24.3 Å². The third kappa shape index (κ3) is 5.04. The molecule has 0 saturated heterocycles. The number of carbonyl (C=O) groups excluding carboxylic acids is 1. The predicted molar refractivity (Wildman–Crippen MR) is 117 cm³/mol. The summed E-state index contributed by atoms with van der Waals surface area (Å²) < 4.78 is 43.2. The van der Waals surface area contributed by atoms with E-state index in [4.69, 9.17) is 38.4 Å². The number of esters is 1. The summed E-state index contributed by atoms with van der Waals surface area (Å²) in [7, 11) is 1.23. The first kappa shape index (κ1) is 24.3.